The third kappa shape index (κ3) is 12.2. The smallest absolute Gasteiger partial charge is 0.305 e. The number of aliphatic imine (C=N–C) groups is 1. The number of carboxylic acids is 1. The lowest BCUT2D eigenvalue weighted by molar-refractivity contribution is -0.141. The van der Waals surface area contributed by atoms with Crippen molar-refractivity contribution in [3.05, 3.63) is 0 Å². The highest BCUT2D eigenvalue weighted by atomic mass is 16.4. The molecule has 0 aliphatic rings. The summed E-state index contributed by atoms with van der Waals surface area (Å²) in [7, 11) is 0. The molecule has 0 aromatic carbocycles. The van der Waals surface area contributed by atoms with Gasteiger partial charge in [-0.3, -0.25) is 33.8 Å². The molecule has 0 unspecified atom stereocenters. The summed E-state index contributed by atoms with van der Waals surface area (Å²) in [5, 5.41) is 27.1. The molecule has 12 N–H and O–H groups in total. The zero-order valence-electron chi connectivity index (χ0n) is 18.9. The highest BCUT2D eigenvalue weighted by molar-refractivity contribution is 5.96. The van der Waals surface area contributed by atoms with Gasteiger partial charge < -0.3 is 48.7 Å². The minimum Gasteiger partial charge on any atom is -0.481 e. The second-order valence-electron chi connectivity index (χ2n) is 7.24. The fourth-order valence-electron chi connectivity index (χ4n) is 2.56. The van der Waals surface area contributed by atoms with Crippen LogP contribution in [0.3, 0.4) is 0 Å². The summed E-state index contributed by atoms with van der Waals surface area (Å²) in [6, 6.07) is -5.38. The number of guanidine groups is 1. The standard InChI is InChI=1S/C18H32N8O8/c1-8(23-16(33)10(24-9(2)28)4-3-5-22-18(20)21)15(32)25-11(6-13(29)30)17(34)26-12(7-27)14(19)31/h8,10-12,27H,3-7H2,1-2H3,(H2,19,31)(H,23,33)(H,24,28)(H,25,32)(H,26,34)(H,29,30)(H4,20,21,22)/t8-,10-,11-,12-/m0/s1. The molecule has 0 saturated carbocycles. The van der Waals surface area contributed by atoms with E-state index >= 15 is 0 Å². The van der Waals surface area contributed by atoms with Crippen LogP contribution in [0, 0.1) is 0 Å². The predicted molar refractivity (Wildman–Crippen MR) is 118 cm³/mol. The molecule has 16 heteroatoms. The lowest BCUT2D eigenvalue weighted by Crippen LogP contribution is -2.58. The molecule has 5 amide bonds. The zero-order chi connectivity index (χ0) is 26.4. The Kier molecular flexibility index (Phi) is 13.2. The maximum atomic E-state index is 12.5. The number of nitrogens with one attached hydrogen (secondary N) is 4. The number of carbonyl (C=O) groups excluding carboxylic acids is 5. The fourth-order valence-corrected chi connectivity index (χ4v) is 2.56. The first-order valence-corrected chi connectivity index (χ1v) is 10.1. The number of carboxylic acid groups (broad SMARTS) is 1. The van der Waals surface area contributed by atoms with E-state index in [4.69, 9.17) is 27.4 Å². The van der Waals surface area contributed by atoms with Crippen LogP contribution in [-0.2, 0) is 28.8 Å². The Morgan fingerprint density at radius 2 is 1.41 bits per heavy atom. The van der Waals surface area contributed by atoms with Gasteiger partial charge in [0.1, 0.15) is 24.2 Å². The van der Waals surface area contributed by atoms with Gasteiger partial charge in [-0.15, -0.1) is 0 Å². The second-order valence-corrected chi connectivity index (χ2v) is 7.24. The summed E-state index contributed by atoms with van der Waals surface area (Å²) in [5.74, 6) is -5.85. The molecule has 0 aliphatic carbocycles. The minimum absolute atomic E-state index is 0.132. The number of aliphatic hydroxyl groups is 1. The number of aliphatic hydroxyl groups excluding tert-OH is 1. The van der Waals surface area contributed by atoms with Gasteiger partial charge in [0.25, 0.3) is 0 Å². The molecule has 0 aromatic rings. The van der Waals surface area contributed by atoms with Crippen LogP contribution in [0.25, 0.3) is 0 Å². The van der Waals surface area contributed by atoms with Crippen molar-refractivity contribution in [3.8, 4) is 0 Å². The Bertz CT molecular complexity index is 799. The van der Waals surface area contributed by atoms with Gasteiger partial charge in [-0.05, 0) is 19.8 Å². The molecule has 16 nitrogen and oxygen atoms in total. The van der Waals surface area contributed by atoms with Crippen molar-refractivity contribution >= 4 is 41.5 Å². The van der Waals surface area contributed by atoms with Gasteiger partial charge in [0.15, 0.2) is 5.96 Å². The Balaban J connectivity index is 5.19. The molecule has 0 spiro atoms. The third-order valence-electron chi connectivity index (χ3n) is 4.25. The Morgan fingerprint density at radius 3 is 1.88 bits per heavy atom. The number of nitrogens with zero attached hydrogens (tertiary/aromatic N) is 1. The van der Waals surface area contributed by atoms with Gasteiger partial charge in [0, 0.05) is 13.5 Å². The van der Waals surface area contributed by atoms with Crippen molar-refractivity contribution < 1.29 is 39.0 Å². The van der Waals surface area contributed by atoms with Crippen molar-refractivity contribution in [2.45, 2.75) is 57.3 Å². The molecular weight excluding hydrogens is 456 g/mol. The van der Waals surface area contributed by atoms with E-state index in [0.29, 0.717) is 6.42 Å². The van der Waals surface area contributed by atoms with Crippen molar-refractivity contribution in [3.63, 3.8) is 0 Å². The van der Waals surface area contributed by atoms with E-state index < -0.39 is 72.7 Å². The van der Waals surface area contributed by atoms with E-state index in [1.807, 2.05) is 5.32 Å². The summed E-state index contributed by atoms with van der Waals surface area (Å²) in [5.41, 5.74) is 15.5. The zero-order valence-corrected chi connectivity index (χ0v) is 18.9. The number of aliphatic carboxylic acids is 1. The molecule has 0 radical (unpaired) electrons. The van der Waals surface area contributed by atoms with E-state index in [1.165, 1.54) is 13.8 Å². The van der Waals surface area contributed by atoms with Crippen LogP contribution < -0.4 is 38.5 Å². The van der Waals surface area contributed by atoms with E-state index in [-0.39, 0.29) is 18.9 Å². The minimum atomic E-state index is -1.64. The summed E-state index contributed by atoms with van der Waals surface area (Å²) < 4.78 is 0. The molecule has 0 bridgehead atoms. The number of hydrogen-bond acceptors (Lipinski definition) is 8. The van der Waals surface area contributed by atoms with Gasteiger partial charge in [0.2, 0.25) is 29.5 Å². The highest BCUT2D eigenvalue weighted by Crippen LogP contribution is 2.01. The Labute approximate surface area is 195 Å². The molecular formula is C18H32N8O8. The summed E-state index contributed by atoms with van der Waals surface area (Å²) >= 11 is 0. The number of hydrogen-bond donors (Lipinski definition) is 9. The first-order chi connectivity index (χ1) is 15.8. The van der Waals surface area contributed by atoms with Crippen LogP contribution in [0.2, 0.25) is 0 Å². The van der Waals surface area contributed by atoms with Crippen LogP contribution in [0.15, 0.2) is 4.99 Å². The first kappa shape index (κ1) is 30.1. The average Bonchev–Trinajstić information content (AvgIpc) is 2.72. The molecule has 0 fully saturated rings. The van der Waals surface area contributed by atoms with Gasteiger partial charge in [-0.25, -0.2) is 0 Å². The number of carbonyl (C=O) groups is 6. The van der Waals surface area contributed by atoms with Crippen LogP contribution in [0.4, 0.5) is 0 Å². The van der Waals surface area contributed by atoms with Crippen LogP contribution >= 0.6 is 0 Å². The maximum absolute atomic E-state index is 12.5. The van der Waals surface area contributed by atoms with E-state index in [2.05, 4.69) is 20.9 Å². The largest absolute Gasteiger partial charge is 0.481 e. The van der Waals surface area contributed by atoms with Crippen molar-refractivity contribution in [2.24, 2.45) is 22.2 Å². The van der Waals surface area contributed by atoms with Gasteiger partial charge >= 0.3 is 5.97 Å². The van der Waals surface area contributed by atoms with Gasteiger partial charge in [-0.2, -0.15) is 0 Å². The van der Waals surface area contributed by atoms with Crippen molar-refractivity contribution in [2.75, 3.05) is 13.2 Å². The van der Waals surface area contributed by atoms with Crippen LogP contribution in [-0.4, -0.2) is 89.0 Å². The molecule has 0 heterocycles. The monoisotopic (exact) mass is 488 g/mol. The number of amides is 5. The summed E-state index contributed by atoms with van der Waals surface area (Å²) in [6.45, 7) is 1.84. The van der Waals surface area contributed by atoms with E-state index in [0.717, 1.165) is 0 Å². The predicted octanol–water partition coefficient (Wildman–Crippen LogP) is -5.03. The maximum Gasteiger partial charge on any atom is 0.305 e. The first-order valence-electron chi connectivity index (χ1n) is 10.1. The van der Waals surface area contributed by atoms with Crippen LogP contribution in [0.5, 0.6) is 0 Å². The Morgan fingerprint density at radius 1 is 0.853 bits per heavy atom. The van der Waals surface area contributed by atoms with E-state index in [1.54, 1.807) is 0 Å². The van der Waals surface area contributed by atoms with Crippen molar-refractivity contribution in [1.82, 2.24) is 21.3 Å². The lowest BCUT2D eigenvalue weighted by atomic mass is 10.1. The molecule has 34 heavy (non-hydrogen) atoms. The highest BCUT2D eigenvalue weighted by Gasteiger charge is 2.30. The molecule has 0 aliphatic heterocycles. The number of rotatable bonds is 15. The third-order valence-corrected chi connectivity index (χ3v) is 4.25. The fraction of sp³-hybridized carbons (Fsp3) is 0.611. The second kappa shape index (κ2) is 15.0. The normalized spacial score (nSPS) is 13.9. The topological polar surface area (TPSA) is 281 Å². The SMILES string of the molecule is CC(=O)N[C@@H](CCCN=C(N)N)C(=O)N[C@@H](C)C(=O)N[C@@H](CC(=O)O)C(=O)N[C@@H](CO)C(N)=O. The van der Waals surface area contributed by atoms with E-state index in [9.17, 15) is 28.8 Å². The molecule has 0 aromatic heterocycles. The number of primary amides is 1. The molecule has 0 rings (SSSR count). The quantitative estimate of drug-likeness (QED) is 0.0600. The summed E-state index contributed by atoms with van der Waals surface area (Å²) in [4.78, 5) is 74.7. The van der Waals surface area contributed by atoms with Gasteiger partial charge in [-0.1, -0.05) is 0 Å². The van der Waals surface area contributed by atoms with Gasteiger partial charge in [0.05, 0.1) is 13.0 Å². The average molecular weight is 489 g/mol. The van der Waals surface area contributed by atoms with Crippen LogP contribution in [0.1, 0.15) is 33.1 Å². The molecule has 0 saturated heterocycles. The molecule has 192 valence electrons. The number of nitrogens with two attached hydrogens (primary N) is 3. The lowest BCUT2D eigenvalue weighted by Gasteiger charge is -2.23. The Hall–Kier alpha value is -3.95. The molecule has 4 atom stereocenters. The summed E-state index contributed by atoms with van der Waals surface area (Å²) in [6.07, 6.45) is -0.367. The van der Waals surface area contributed by atoms with Crippen molar-refractivity contribution in [1.29, 1.82) is 0 Å².